The fourth-order valence-corrected chi connectivity index (χ4v) is 6.22. The summed E-state index contributed by atoms with van der Waals surface area (Å²) in [6.45, 7) is 16.6. The maximum atomic E-state index is 6.53. The Morgan fingerprint density at radius 2 is 1.06 bits per heavy atom. The number of rotatable bonds is 22. The predicted molar refractivity (Wildman–Crippen MR) is 153 cm³/mol. The van der Waals surface area contributed by atoms with Gasteiger partial charge in [0, 0.05) is 25.2 Å². The molecule has 34 heavy (non-hydrogen) atoms. The maximum absolute atomic E-state index is 6.53. The van der Waals surface area contributed by atoms with Crippen molar-refractivity contribution in [2.45, 2.75) is 182 Å². The molecule has 0 spiro atoms. The van der Waals surface area contributed by atoms with Gasteiger partial charge in [0.25, 0.3) is 0 Å². The fraction of sp³-hybridized carbons (Fsp3) is 1.00. The second-order valence-corrected chi connectivity index (χ2v) is 11.9. The zero-order valence-electron chi connectivity index (χ0n) is 24.6. The van der Waals surface area contributed by atoms with Gasteiger partial charge in [0.05, 0.1) is 6.10 Å². The first kappa shape index (κ1) is 31.9. The molecule has 0 aromatic carbocycles. The summed E-state index contributed by atoms with van der Waals surface area (Å²) in [6.07, 6.45) is 26.6. The third-order valence-corrected chi connectivity index (χ3v) is 8.55. The van der Waals surface area contributed by atoms with E-state index in [9.17, 15) is 0 Å². The molecule has 0 bridgehead atoms. The molecule has 204 valence electrons. The zero-order valence-corrected chi connectivity index (χ0v) is 24.6. The van der Waals surface area contributed by atoms with Gasteiger partial charge in [0.1, 0.15) is 0 Å². The third-order valence-electron chi connectivity index (χ3n) is 8.55. The second kappa shape index (κ2) is 21.0. The Hall–Kier alpha value is -0.0800. The summed E-state index contributed by atoms with van der Waals surface area (Å²) >= 11 is 0. The van der Waals surface area contributed by atoms with E-state index < -0.39 is 0 Å². The van der Waals surface area contributed by atoms with Crippen LogP contribution in [0.5, 0.6) is 0 Å². The van der Waals surface area contributed by atoms with Crippen LogP contribution in [-0.4, -0.2) is 36.2 Å². The van der Waals surface area contributed by atoms with E-state index in [1.54, 1.807) is 0 Å². The van der Waals surface area contributed by atoms with E-state index in [1.807, 2.05) is 0 Å². The van der Waals surface area contributed by atoms with Crippen molar-refractivity contribution >= 4 is 0 Å². The minimum Gasteiger partial charge on any atom is -0.378 e. The van der Waals surface area contributed by atoms with Crippen LogP contribution in [0.25, 0.3) is 0 Å². The molecule has 1 aliphatic rings. The Balaban J connectivity index is 2.44. The summed E-state index contributed by atoms with van der Waals surface area (Å²) in [5.74, 6) is 1.78. The van der Waals surface area contributed by atoms with Crippen LogP contribution < -0.4 is 0 Å². The molecule has 5 atom stereocenters. The summed E-state index contributed by atoms with van der Waals surface area (Å²) in [4.78, 5) is 2.85. The molecule has 0 amide bonds. The molecule has 0 radical (unpaired) electrons. The van der Waals surface area contributed by atoms with Crippen LogP contribution in [-0.2, 0) is 4.74 Å². The lowest BCUT2D eigenvalue weighted by Crippen LogP contribution is -2.50. The van der Waals surface area contributed by atoms with Gasteiger partial charge in [-0.05, 0) is 57.8 Å². The van der Waals surface area contributed by atoms with Gasteiger partial charge in [-0.3, -0.25) is 4.90 Å². The molecule has 2 nitrogen and oxygen atoms in total. The van der Waals surface area contributed by atoms with E-state index in [4.69, 9.17) is 4.74 Å². The highest BCUT2D eigenvalue weighted by Crippen LogP contribution is 2.29. The van der Waals surface area contributed by atoms with E-state index in [-0.39, 0.29) is 0 Å². The Kier molecular flexibility index (Phi) is 19.8. The van der Waals surface area contributed by atoms with Crippen molar-refractivity contribution in [2.24, 2.45) is 11.8 Å². The van der Waals surface area contributed by atoms with E-state index >= 15 is 0 Å². The summed E-state index contributed by atoms with van der Waals surface area (Å²) in [5, 5.41) is 0. The number of nitrogens with zero attached hydrogens (tertiary/aromatic N) is 1. The molecule has 0 aromatic heterocycles. The summed E-state index contributed by atoms with van der Waals surface area (Å²) in [6, 6.07) is 1.33. The van der Waals surface area contributed by atoms with Gasteiger partial charge in [-0.1, -0.05) is 118 Å². The number of likely N-dealkylation sites (tertiary alicyclic amines) is 1. The molecule has 1 rings (SSSR count). The monoisotopic (exact) mass is 480 g/mol. The van der Waals surface area contributed by atoms with Crippen molar-refractivity contribution in [1.29, 1.82) is 0 Å². The average molecular weight is 480 g/mol. The van der Waals surface area contributed by atoms with Crippen molar-refractivity contribution in [2.75, 3.05) is 13.2 Å². The van der Waals surface area contributed by atoms with Gasteiger partial charge in [-0.25, -0.2) is 0 Å². The number of hydrogen-bond donors (Lipinski definition) is 0. The highest BCUT2D eigenvalue weighted by Gasteiger charge is 2.32. The topological polar surface area (TPSA) is 12.5 Å². The van der Waals surface area contributed by atoms with Gasteiger partial charge in [0.15, 0.2) is 0 Å². The van der Waals surface area contributed by atoms with Crippen molar-refractivity contribution in [1.82, 2.24) is 4.90 Å². The molecule has 1 heterocycles. The third kappa shape index (κ3) is 14.5. The molecular weight excluding hydrogens is 414 g/mol. The van der Waals surface area contributed by atoms with E-state index in [2.05, 4.69) is 46.4 Å². The number of piperidine rings is 1. The van der Waals surface area contributed by atoms with E-state index in [1.165, 1.54) is 129 Å². The highest BCUT2D eigenvalue weighted by atomic mass is 16.5. The van der Waals surface area contributed by atoms with E-state index in [0.717, 1.165) is 18.4 Å². The van der Waals surface area contributed by atoms with Gasteiger partial charge < -0.3 is 4.74 Å². The first-order chi connectivity index (χ1) is 16.5. The smallest absolute Gasteiger partial charge is 0.0604 e. The van der Waals surface area contributed by atoms with E-state index in [0.29, 0.717) is 18.2 Å². The Morgan fingerprint density at radius 3 is 1.68 bits per heavy atom. The molecule has 0 aromatic rings. The molecular formula is C32H65NO. The second-order valence-electron chi connectivity index (χ2n) is 11.9. The largest absolute Gasteiger partial charge is 0.378 e. The van der Waals surface area contributed by atoms with Crippen molar-refractivity contribution < 1.29 is 4.74 Å². The van der Waals surface area contributed by atoms with Crippen LogP contribution in [0.3, 0.4) is 0 Å². The Morgan fingerprint density at radius 1 is 0.588 bits per heavy atom. The molecule has 1 aliphatic heterocycles. The Bertz CT molecular complexity index is 427. The zero-order chi connectivity index (χ0) is 25.0. The van der Waals surface area contributed by atoms with Gasteiger partial charge >= 0.3 is 0 Å². The molecule has 1 fully saturated rings. The van der Waals surface area contributed by atoms with Crippen LogP contribution in [0.4, 0.5) is 0 Å². The van der Waals surface area contributed by atoms with Gasteiger partial charge in [0.2, 0.25) is 0 Å². The normalized spacial score (nSPS) is 23.3. The SMILES string of the molecule is CCCCCCCC(CCCC)CN1[C@H](C)CC(OCCC(CCCC)CCCCC)C[C@@H]1C. The van der Waals surface area contributed by atoms with Crippen LogP contribution in [0.2, 0.25) is 0 Å². The van der Waals surface area contributed by atoms with Crippen molar-refractivity contribution in [3.05, 3.63) is 0 Å². The quantitative estimate of drug-likeness (QED) is 0.143. The van der Waals surface area contributed by atoms with Crippen LogP contribution in [0, 0.1) is 11.8 Å². The van der Waals surface area contributed by atoms with Crippen LogP contribution >= 0.6 is 0 Å². The molecule has 3 unspecified atom stereocenters. The number of unbranched alkanes of at least 4 members (excludes halogenated alkanes) is 8. The summed E-state index contributed by atoms with van der Waals surface area (Å²) in [5.41, 5.74) is 0. The fourth-order valence-electron chi connectivity index (χ4n) is 6.22. The lowest BCUT2D eigenvalue weighted by molar-refractivity contribution is -0.0427. The predicted octanol–water partition coefficient (Wildman–Crippen LogP) is 10.2. The summed E-state index contributed by atoms with van der Waals surface area (Å²) in [7, 11) is 0. The molecule has 1 saturated heterocycles. The number of ether oxygens (including phenoxy) is 1. The first-order valence-electron chi connectivity index (χ1n) is 15.9. The summed E-state index contributed by atoms with van der Waals surface area (Å²) < 4.78 is 6.53. The number of hydrogen-bond acceptors (Lipinski definition) is 2. The first-order valence-corrected chi connectivity index (χ1v) is 15.9. The molecule has 0 aliphatic carbocycles. The molecule has 2 heteroatoms. The molecule has 0 saturated carbocycles. The highest BCUT2D eigenvalue weighted by molar-refractivity contribution is 4.86. The molecule has 0 N–H and O–H groups in total. The van der Waals surface area contributed by atoms with Crippen LogP contribution in [0.15, 0.2) is 0 Å². The van der Waals surface area contributed by atoms with Gasteiger partial charge in [-0.2, -0.15) is 0 Å². The average Bonchev–Trinajstić information content (AvgIpc) is 2.82. The van der Waals surface area contributed by atoms with Crippen molar-refractivity contribution in [3.8, 4) is 0 Å². The lowest BCUT2D eigenvalue weighted by Gasteiger charge is -2.44. The van der Waals surface area contributed by atoms with Crippen LogP contribution in [0.1, 0.15) is 164 Å². The lowest BCUT2D eigenvalue weighted by atomic mass is 9.89. The standard InChI is InChI=1S/C32H65NO/c1-7-11-15-16-18-22-31(20-14-10-4)27-33-28(5)25-32(26-29(33)6)34-24-23-30(19-13-9-3)21-17-12-8-2/h28-32H,7-27H2,1-6H3/t28-,29+,30?,31?,32?. The maximum Gasteiger partial charge on any atom is 0.0604 e. The Labute approximate surface area is 216 Å². The minimum atomic E-state index is 0.479. The van der Waals surface area contributed by atoms with Crippen molar-refractivity contribution in [3.63, 3.8) is 0 Å². The van der Waals surface area contributed by atoms with Gasteiger partial charge in [-0.15, -0.1) is 0 Å². The minimum absolute atomic E-state index is 0.479.